The minimum atomic E-state index is -4.35. The second-order valence-corrected chi connectivity index (χ2v) is 9.10. The van der Waals surface area contributed by atoms with Crippen LogP contribution in [-0.4, -0.2) is 34.8 Å². The zero-order valence-corrected chi connectivity index (χ0v) is 17.3. The standard InChI is InChI=1S/C17H23N3O6S2/c1-17(2,3)26-16(22)19-13(14-10-27-15(9-21)18-14)8-11-4-6-12(7-5-11)20-28(23,24)25/h4-7,10,13,20-21H,8-9H2,1-3H3,(H,19,22)(H,23,24,25)/t13-/m0/s1. The molecule has 1 amide bonds. The largest absolute Gasteiger partial charge is 0.444 e. The zero-order valence-electron chi connectivity index (χ0n) is 15.7. The molecule has 0 aliphatic heterocycles. The Kier molecular flexibility index (Phi) is 6.99. The maximum atomic E-state index is 12.2. The number of carbonyl (C=O) groups excluding carboxylic acids is 1. The van der Waals surface area contributed by atoms with Crippen LogP contribution >= 0.6 is 11.3 Å². The first-order chi connectivity index (χ1) is 12.9. The second kappa shape index (κ2) is 8.86. The van der Waals surface area contributed by atoms with Crippen LogP contribution < -0.4 is 10.0 Å². The molecule has 1 heterocycles. The summed E-state index contributed by atoms with van der Waals surface area (Å²) in [5.41, 5.74) is 0.926. The Hall–Kier alpha value is -2.21. The summed E-state index contributed by atoms with van der Waals surface area (Å²) in [5.74, 6) is 0. The number of nitrogens with one attached hydrogen (secondary N) is 2. The van der Waals surface area contributed by atoms with Gasteiger partial charge in [-0.25, -0.2) is 9.78 Å². The van der Waals surface area contributed by atoms with Crippen molar-refractivity contribution in [2.75, 3.05) is 4.72 Å². The number of hydrogen-bond donors (Lipinski definition) is 4. The van der Waals surface area contributed by atoms with E-state index in [1.54, 1.807) is 38.3 Å². The highest BCUT2D eigenvalue weighted by atomic mass is 32.2. The number of aliphatic hydroxyl groups excluding tert-OH is 1. The van der Waals surface area contributed by atoms with Crippen LogP contribution in [0.3, 0.4) is 0 Å². The quantitative estimate of drug-likeness (QED) is 0.496. The summed E-state index contributed by atoms with van der Waals surface area (Å²) in [7, 11) is -4.35. The van der Waals surface area contributed by atoms with Gasteiger partial charge in [0, 0.05) is 5.38 Å². The Morgan fingerprint density at radius 3 is 2.43 bits per heavy atom. The predicted molar refractivity (Wildman–Crippen MR) is 105 cm³/mol. The lowest BCUT2D eigenvalue weighted by atomic mass is 10.0. The molecule has 0 saturated heterocycles. The number of thiazole rings is 1. The number of aromatic nitrogens is 1. The highest BCUT2D eigenvalue weighted by Crippen LogP contribution is 2.23. The summed E-state index contributed by atoms with van der Waals surface area (Å²) < 4.78 is 37.8. The van der Waals surface area contributed by atoms with Crippen molar-refractivity contribution in [1.82, 2.24) is 10.3 Å². The topological polar surface area (TPSA) is 138 Å². The third kappa shape index (κ3) is 7.43. The van der Waals surface area contributed by atoms with Gasteiger partial charge in [0.25, 0.3) is 0 Å². The van der Waals surface area contributed by atoms with Gasteiger partial charge in [-0.1, -0.05) is 12.1 Å². The summed E-state index contributed by atoms with van der Waals surface area (Å²) in [6.07, 6.45) is -0.235. The van der Waals surface area contributed by atoms with Gasteiger partial charge in [0.1, 0.15) is 10.6 Å². The fourth-order valence-corrected chi connectivity index (χ4v) is 3.47. The van der Waals surface area contributed by atoms with Crippen LogP contribution in [-0.2, 0) is 28.1 Å². The van der Waals surface area contributed by atoms with Crippen molar-refractivity contribution in [1.29, 1.82) is 0 Å². The molecule has 0 bridgehead atoms. The first-order valence-electron chi connectivity index (χ1n) is 8.34. The van der Waals surface area contributed by atoms with E-state index in [1.165, 1.54) is 23.5 Å². The van der Waals surface area contributed by atoms with E-state index in [2.05, 4.69) is 10.3 Å². The van der Waals surface area contributed by atoms with Crippen LogP contribution in [0.25, 0.3) is 0 Å². The zero-order chi connectivity index (χ0) is 20.9. The van der Waals surface area contributed by atoms with E-state index in [0.717, 1.165) is 5.56 Å². The second-order valence-electron chi connectivity index (χ2n) is 7.00. The number of carbonyl (C=O) groups is 1. The Morgan fingerprint density at radius 1 is 1.29 bits per heavy atom. The smallest absolute Gasteiger partial charge is 0.408 e. The summed E-state index contributed by atoms with van der Waals surface area (Å²) in [4.78, 5) is 16.5. The molecule has 4 N–H and O–H groups in total. The van der Waals surface area contributed by atoms with Gasteiger partial charge in [-0.15, -0.1) is 11.3 Å². The number of ether oxygens (including phenoxy) is 1. The molecule has 2 rings (SSSR count). The molecule has 1 aromatic carbocycles. The number of hydrogen-bond acceptors (Lipinski definition) is 7. The van der Waals surface area contributed by atoms with Gasteiger partial charge in [-0.2, -0.15) is 8.42 Å². The van der Waals surface area contributed by atoms with E-state index in [1.807, 2.05) is 4.72 Å². The maximum absolute atomic E-state index is 12.2. The summed E-state index contributed by atoms with van der Waals surface area (Å²) >= 11 is 1.28. The van der Waals surface area contributed by atoms with Gasteiger partial charge in [0.15, 0.2) is 0 Å². The molecule has 1 atom stereocenters. The molecule has 1 aromatic heterocycles. The number of benzene rings is 1. The van der Waals surface area contributed by atoms with E-state index >= 15 is 0 Å². The number of anilines is 1. The van der Waals surface area contributed by atoms with E-state index in [-0.39, 0.29) is 12.3 Å². The predicted octanol–water partition coefficient (Wildman–Crippen LogP) is 2.66. The van der Waals surface area contributed by atoms with E-state index in [4.69, 9.17) is 9.29 Å². The minimum Gasteiger partial charge on any atom is -0.444 e. The van der Waals surface area contributed by atoms with Gasteiger partial charge < -0.3 is 15.2 Å². The number of alkyl carbamates (subject to hydrolysis) is 1. The highest BCUT2D eigenvalue weighted by molar-refractivity contribution is 7.87. The Labute approximate surface area is 167 Å². The van der Waals surface area contributed by atoms with Crippen LogP contribution in [0.1, 0.15) is 43.1 Å². The van der Waals surface area contributed by atoms with Crippen molar-refractivity contribution in [2.24, 2.45) is 0 Å². The number of aliphatic hydroxyl groups is 1. The number of amides is 1. The van der Waals surface area contributed by atoms with E-state index in [0.29, 0.717) is 17.1 Å². The molecular weight excluding hydrogens is 406 g/mol. The number of nitrogens with zero attached hydrogens (tertiary/aromatic N) is 1. The Bertz CT molecular complexity index is 904. The Morgan fingerprint density at radius 2 is 1.93 bits per heavy atom. The molecule has 9 nitrogen and oxygen atoms in total. The molecule has 154 valence electrons. The normalized spacial score (nSPS) is 13.0. The van der Waals surface area contributed by atoms with Crippen molar-refractivity contribution in [3.8, 4) is 0 Å². The fraction of sp³-hybridized carbons (Fsp3) is 0.412. The lowest BCUT2D eigenvalue weighted by Crippen LogP contribution is -2.36. The monoisotopic (exact) mass is 429 g/mol. The van der Waals surface area contributed by atoms with Crippen molar-refractivity contribution < 1.29 is 27.6 Å². The molecule has 28 heavy (non-hydrogen) atoms. The molecule has 0 unspecified atom stereocenters. The van der Waals surface area contributed by atoms with Crippen LogP contribution in [0.4, 0.5) is 10.5 Å². The summed E-state index contributed by atoms with van der Waals surface area (Å²) in [5, 5.41) is 14.3. The summed E-state index contributed by atoms with van der Waals surface area (Å²) in [6, 6.07) is 5.81. The van der Waals surface area contributed by atoms with Crippen molar-refractivity contribution in [3.63, 3.8) is 0 Å². The van der Waals surface area contributed by atoms with E-state index < -0.39 is 28.0 Å². The van der Waals surface area contributed by atoms with Crippen molar-refractivity contribution in [2.45, 2.75) is 45.4 Å². The minimum absolute atomic E-state index is 0.195. The molecule has 0 radical (unpaired) electrons. The van der Waals surface area contributed by atoms with Crippen LogP contribution in [0.2, 0.25) is 0 Å². The third-order valence-electron chi connectivity index (χ3n) is 3.39. The molecule has 0 aliphatic carbocycles. The average molecular weight is 430 g/mol. The first kappa shape index (κ1) is 22.1. The van der Waals surface area contributed by atoms with Crippen LogP contribution in [0.15, 0.2) is 29.6 Å². The Balaban J connectivity index is 2.18. The van der Waals surface area contributed by atoms with Crippen LogP contribution in [0, 0.1) is 0 Å². The van der Waals surface area contributed by atoms with Gasteiger partial charge in [-0.05, 0) is 44.9 Å². The fourth-order valence-electron chi connectivity index (χ4n) is 2.33. The molecule has 0 spiro atoms. The van der Waals surface area contributed by atoms with Gasteiger partial charge in [-0.3, -0.25) is 9.27 Å². The van der Waals surface area contributed by atoms with Crippen molar-refractivity contribution in [3.05, 3.63) is 45.9 Å². The average Bonchev–Trinajstić information content (AvgIpc) is 3.02. The van der Waals surface area contributed by atoms with Crippen LogP contribution in [0.5, 0.6) is 0 Å². The third-order valence-corrected chi connectivity index (χ3v) is 4.74. The van der Waals surface area contributed by atoms with Crippen molar-refractivity contribution >= 4 is 33.4 Å². The van der Waals surface area contributed by atoms with Gasteiger partial charge >= 0.3 is 16.4 Å². The lowest BCUT2D eigenvalue weighted by molar-refractivity contribution is 0.0502. The van der Waals surface area contributed by atoms with Gasteiger partial charge in [0.05, 0.1) is 24.0 Å². The molecule has 0 saturated carbocycles. The highest BCUT2D eigenvalue weighted by Gasteiger charge is 2.22. The van der Waals surface area contributed by atoms with E-state index in [9.17, 15) is 18.3 Å². The SMILES string of the molecule is CC(C)(C)OC(=O)N[C@@H](Cc1ccc(NS(=O)(=O)O)cc1)c1csc(CO)n1. The molecule has 0 aliphatic rings. The maximum Gasteiger partial charge on any atom is 0.408 e. The molecule has 2 aromatic rings. The molecular formula is C17H23N3O6S2. The lowest BCUT2D eigenvalue weighted by Gasteiger charge is -2.23. The summed E-state index contributed by atoms with van der Waals surface area (Å²) in [6.45, 7) is 5.08. The number of rotatable bonds is 7. The first-order valence-corrected chi connectivity index (χ1v) is 10.7. The molecule has 0 fully saturated rings. The molecule has 11 heteroatoms. The van der Waals surface area contributed by atoms with Gasteiger partial charge in [0.2, 0.25) is 0 Å².